The van der Waals surface area contributed by atoms with Crippen LogP contribution in [-0.4, -0.2) is 29.6 Å². The molecular formula is C40H27N3O5S. The minimum absolute atomic E-state index is 0.0125. The molecule has 7 aromatic carbocycles. The topological polar surface area (TPSA) is 106 Å². The zero-order valence-electron chi connectivity index (χ0n) is 27.0. The fraction of sp³-hybridized carbons (Fsp3) is 0.100. The van der Waals surface area contributed by atoms with Crippen LogP contribution >= 0.6 is 0 Å². The van der Waals surface area contributed by atoms with Gasteiger partial charge >= 0.3 is 0 Å². The van der Waals surface area contributed by atoms with Crippen molar-refractivity contribution in [2.24, 2.45) is 0 Å². The van der Waals surface area contributed by atoms with Gasteiger partial charge in [0.2, 0.25) is 9.84 Å². The van der Waals surface area contributed by atoms with Crippen molar-refractivity contribution in [1.82, 2.24) is 9.38 Å². The lowest BCUT2D eigenvalue weighted by molar-refractivity contribution is 0.0893. The third-order valence-corrected chi connectivity index (χ3v) is 11.5. The third-order valence-electron chi connectivity index (χ3n) is 9.73. The number of fused-ring (bicyclic) bond motifs is 5. The lowest BCUT2D eigenvalue weighted by Crippen LogP contribution is -2.40. The predicted molar refractivity (Wildman–Crippen MR) is 195 cm³/mol. The number of sulfone groups is 1. The fourth-order valence-corrected chi connectivity index (χ4v) is 9.68. The maximum absolute atomic E-state index is 14.4. The standard InChI is InChI=1S/C36H15N3O5S.2C2H6/c40-34-20-13-11-18-17-10-12-19-27-21(36(42)39-24-9-5-4-8-23(24)37-33(19)39)14-25-31(29(17)27)32-26(45(25,43)44)15-22(28(20)30(18)32)35(41)38(34)16-6-2-1-3-7-16;2*1-2/h1-15H;2*1-2H3. The van der Waals surface area contributed by atoms with Crippen molar-refractivity contribution >= 4 is 97.9 Å². The van der Waals surface area contributed by atoms with Gasteiger partial charge in [-0.15, -0.1) is 0 Å². The smallest absolute Gasteiger partial charge is 0.266 e. The first kappa shape index (κ1) is 29.2. The monoisotopic (exact) mass is 661 g/mol. The summed E-state index contributed by atoms with van der Waals surface area (Å²) in [7, 11) is -4.15. The summed E-state index contributed by atoms with van der Waals surface area (Å²) in [6.45, 7) is 8.00. The summed E-state index contributed by atoms with van der Waals surface area (Å²) in [6, 6.07) is 26.3. The Hall–Kier alpha value is -5.93. The summed E-state index contributed by atoms with van der Waals surface area (Å²) < 4.78 is 30.4. The zero-order valence-corrected chi connectivity index (χ0v) is 27.8. The Labute approximate surface area is 279 Å². The molecule has 0 radical (unpaired) electrons. The van der Waals surface area contributed by atoms with Gasteiger partial charge in [-0.25, -0.2) is 18.3 Å². The van der Waals surface area contributed by atoms with Crippen molar-refractivity contribution in [3.8, 4) is 0 Å². The average molecular weight is 662 g/mol. The molecule has 0 fully saturated rings. The second-order valence-corrected chi connectivity index (χ2v) is 13.7. The lowest BCUT2D eigenvalue weighted by atomic mass is 9.83. The largest absolute Gasteiger partial charge is 0.268 e. The molecule has 0 saturated carbocycles. The first-order valence-corrected chi connectivity index (χ1v) is 17.8. The van der Waals surface area contributed by atoms with Gasteiger partial charge < -0.3 is 0 Å². The number of hydrogen-bond donors (Lipinski definition) is 0. The molecule has 0 bridgehead atoms. The number of imide groups is 1. The van der Waals surface area contributed by atoms with Crippen molar-refractivity contribution in [2.75, 3.05) is 4.90 Å². The third kappa shape index (κ3) is 3.30. The molecule has 2 aliphatic heterocycles. The van der Waals surface area contributed by atoms with Crippen molar-refractivity contribution in [1.29, 1.82) is 0 Å². The van der Waals surface area contributed by atoms with E-state index in [1.54, 1.807) is 40.8 Å². The zero-order chi connectivity index (χ0) is 34.1. The molecule has 0 saturated heterocycles. The highest BCUT2D eigenvalue weighted by Crippen LogP contribution is 2.54. The molecular weight excluding hydrogens is 635 g/mol. The van der Waals surface area contributed by atoms with E-state index >= 15 is 0 Å². The first-order chi connectivity index (χ1) is 23.9. The molecule has 0 aliphatic carbocycles. The number of imidazole rings is 1. The van der Waals surface area contributed by atoms with Crippen LogP contribution in [0, 0.1) is 0 Å². The number of aromatic nitrogens is 2. The lowest BCUT2D eigenvalue weighted by Gasteiger charge is -2.28. The van der Waals surface area contributed by atoms with Crippen molar-refractivity contribution in [3.05, 3.63) is 112 Å². The van der Waals surface area contributed by atoms with Crippen LogP contribution in [-0.2, 0) is 9.84 Å². The molecule has 0 spiro atoms. The molecule has 238 valence electrons. The Balaban J connectivity index is 0.000000786. The van der Waals surface area contributed by atoms with Crippen molar-refractivity contribution in [3.63, 3.8) is 0 Å². The van der Waals surface area contributed by atoms with Gasteiger partial charge in [-0.1, -0.05) is 70.2 Å². The molecule has 11 rings (SSSR count). The molecule has 9 heteroatoms. The minimum atomic E-state index is -4.15. The Bertz CT molecular complexity index is 3110. The summed E-state index contributed by atoms with van der Waals surface area (Å²) in [5.41, 5.74) is 2.37. The highest BCUT2D eigenvalue weighted by atomic mass is 32.2. The molecule has 2 aliphatic rings. The van der Waals surface area contributed by atoms with Crippen LogP contribution in [0.25, 0.3) is 70.5 Å². The number of carbonyl (C=O) groups is 2. The fourth-order valence-electron chi connectivity index (χ4n) is 7.95. The van der Waals surface area contributed by atoms with E-state index in [4.69, 9.17) is 4.98 Å². The maximum atomic E-state index is 14.4. The Morgan fingerprint density at radius 2 is 1.14 bits per heavy atom. The molecule has 0 atom stereocenters. The summed E-state index contributed by atoms with van der Waals surface area (Å²) in [5.74, 6) is -1.05. The van der Waals surface area contributed by atoms with Gasteiger partial charge in [-0.05, 0) is 59.3 Å². The first-order valence-electron chi connectivity index (χ1n) is 16.4. The number of para-hydroxylation sites is 3. The molecule has 4 heterocycles. The summed E-state index contributed by atoms with van der Waals surface area (Å²) in [5, 5.41) is 5.83. The summed E-state index contributed by atoms with van der Waals surface area (Å²) >= 11 is 0. The predicted octanol–water partition coefficient (Wildman–Crippen LogP) is 8.49. The SMILES string of the molecule is CC.CC.O=C1c2ccc3c4ccc5c6c(cc7c(c8c(cc(c2c38)C(=O)N1c1ccccc1)S7(=O)=O)c46)c(=O)n1c2ccccc2nc51. The van der Waals surface area contributed by atoms with E-state index in [0.29, 0.717) is 65.6 Å². The van der Waals surface area contributed by atoms with E-state index in [1.165, 1.54) is 12.1 Å². The normalized spacial score (nSPS) is 14.6. The molecule has 8 nitrogen and oxygen atoms in total. The molecule has 9 aromatic rings. The van der Waals surface area contributed by atoms with Gasteiger partial charge in [-0.2, -0.15) is 0 Å². The van der Waals surface area contributed by atoms with Crippen LogP contribution in [0.3, 0.4) is 0 Å². The van der Waals surface area contributed by atoms with Crippen LogP contribution in [0.4, 0.5) is 5.69 Å². The van der Waals surface area contributed by atoms with E-state index in [-0.39, 0.29) is 26.3 Å². The molecule has 0 N–H and O–H groups in total. The van der Waals surface area contributed by atoms with E-state index < -0.39 is 21.7 Å². The molecule has 2 aromatic heterocycles. The number of pyridine rings is 1. The van der Waals surface area contributed by atoms with Crippen LogP contribution in [0.1, 0.15) is 48.4 Å². The second kappa shape index (κ2) is 9.81. The summed E-state index contributed by atoms with van der Waals surface area (Å²) in [6.07, 6.45) is 0. The van der Waals surface area contributed by atoms with Gasteiger partial charge in [0.05, 0.1) is 37.5 Å². The Morgan fingerprint density at radius 1 is 0.551 bits per heavy atom. The quantitative estimate of drug-likeness (QED) is 0.0993. The number of benzene rings is 7. The average Bonchev–Trinajstić information content (AvgIpc) is 3.64. The van der Waals surface area contributed by atoms with Gasteiger partial charge in [-0.3, -0.25) is 18.8 Å². The molecule has 0 unspecified atom stereocenters. The van der Waals surface area contributed by atoms with E-state index in [9.17, 15) is 22.8 Å². The van der Waals surface area contributed by atoms with Gasteiger partial charge in [0, 0.05) is 43.3 Å². The van der Waals surface area contributed by atoms with Crippen LogP contribution < -0.4 is 10.5 Å². The van der Waals surface area contributed by atoms with Crippen molar-refractivity contribution in [2.45, 2.75) is 37.5 Å². The van der Waals surface area contributed by atoms with Gasteiger partial charge in [0.15, 0.2) is 0 Å². The molecule has 49 heavy (non-hydrogen) atoms. The maximum Gasteiger partial charge on any atom is 0.266 e. The minimum Gasteiger partial charge on any atom is -0.268 e. The van der Waals surface area contributed by atoms with Crippen LogP contribution in [0.5, 0.6) is 0 Å². The van der Waals surface area contributed by atoms with E-state index in [0.717, 1.165) is 15.7 Å². The highest BCUT2D eigenvalue weighted by Gasteiger charge is 2.41. The number of rotatable bonds is 1. The van der Waals surface area contributed by atoms with Gasteiger partial charge in [0.1, 0.15) is 5.65 Å². The highest BCUT2D eigenvalue weighted by molar-refractivity contribution is 7.92. The second-order valence-electron chi connectivity index (χ2n) is 11.8. The Kier molecular flexibility index (Phi) is 5.85. The Morgan fingerprint density at radius 3 is 1.88 bits per heavy atom. The van der Waals surface area contributed by atoms with Crippen molar-refractivity contribution < 1.29 is 18.0 Å². The van der Waals surface area contributed by atoms with Crippen LogP contribution in [0.15, 0.2) is 106 Å². The van der Waals surface area contributed by atoms with E-state index in [1.807, 2.05) is 70.2 Å². The number of hydrogen-bond acceptors (Lipinski definition) is 6. The van der Waals surface area contributed by atoms with E-state index in [2.05, 4.69) is 0 Å². The van der Waals surface area contributed by atoms with Gasteiger partial charge in [0.25, 0.3) is 17.4 Å². The number of nitrogens with zero attached hydrogens (tertiary/aromatic N) is 3. The number of carbonyl (C=O) groups excluding carboxylic acids is 2. The van der Waals surface area contributed by atoms with Crippen LogP contribution in [0.2, 0.25) is 0 Å². The number of amides is 2. The summed E-state index contributed by atoms with van der Waals surface area (Å²) in [4.78, 5) is 48.2. The molecule has 2 amide bonds. The number of anilines is 1.